The lowest BCUT2D eigenvalue weighted by Crippen LogP contribution is -2.48. The lowest BCUT2D eigenvalue weighted by molar-refractivity contribution is -0.146. The first-order valence-corrected chi connectivity index (χ1v) is 6.06. The molecule has 1 rings (SSSR count). The van der Waals surface area contributed by atoms with Gasteiger partial charge >= 0.3 is 12.1 Å². The van der Waals surface area contributed by atoms with E-state index in [1.807, 2.05) is 0 Å². The Bertz CT molecular complexity index is 323. The van der Waals surface area contributed by atoms with Crippen LogP contribution < -0.4 is 0 Å². The van der Waals surface area contributed by atoms with Crippen molar-refractivity contribution in [2.24, 2.45) is 11.8 Å². The molecular formula is C12H21NO5. The van der Waals surface area contributed by atoms with E-state index in [4.69, 9.17) is 14.9 Å². The van der Waals surface area contributed by atoms with Gasteiger partial charge in [-0.2, -0.15) is 0 Å². The third kappa shape index (κ3) is 3.87. The molecule has 18 heavy (non-hydrogen) atoms. The van der Waals surface area contributed by atoms with E-state index in [2.05, 4.69) is 0 Å². The van der Waals surface area contributed by atoms with Crippen LogP contribution in [0.25, 0.3) is 0 Å². The lowest BCUT2D eigenvalue weighted by atomic mass is 9.86. The van der Waals surface area contributed by atoms with Crippen molar-refractivity contribution in [3.05, 3.63) is 0 Å². The Labute approximate surface area is 107 Å². The highest BCUT2D eigenvalue weighted by Crippen LogP contribution is 2.24. The van der Waals surface area contributed by atoms with E-state index in [1.54, 1.807) is 20.8 Å². The fraction of sp³-hybridized carbons (Fsp3) is 0.833. The first-order chi connectivity index (χ1) is 8.24. The van der Waals surface area contributed by atoms with Crippen LogP contribution in [0, 0.1) is 11.8 Å². The van der Waals surface area contributed by atoms with Gasteiger partial charge in [0.15, 0.2) is 0 Å². The number of nitrogens with zero attached hydrogens (tertiary/aromatic N) is 1. The van der Waals surface area contributed by atoms with Crippen LogP contribution in [0.5, 0.6) is 0 Å². The van der Waals surface area contributed by atoms with Gasteiger partial charge in [-0.1, -0.05) is 0 Å². The molecule has 0 aromatic rings. The number of carbonyl (C=O) groups is 2. The van der Waals surface area contributed by atoms with Gasteiger partial charge < -0.3 is 19.8 Å². The highest BCUT2D eigenvalue weighted by atomic mass is 16.6. The predicted octanol–water partition coefficient (Wildman–Crippen LogP) is 0.936. The van der Waals surface area contributed by atoms with Crippen molar-refractivity contribution in [2.45, 2.75) is 32.8 Å². The Kier molecular flexibility index (Phi) is 4.56. The molecule has 6 nitrogen and oxygen atoms in total. The molecule has 1 amide bonds. The van der Waals surface area contributed by atoms with Crippen LogP contribution >= 0.6 is 0 Å². The Balaban J connectivity index is 2.65. The molecule has 0 saturated carbocycles. The zero-order chi connectivity index (χ0) is 13.9. The van der Waals surface area contributed by atoms with Gasteiger partial charge in [-0.25, -0.2) is 4.79 Å². The second kappa shape index (κ2) is 5.56. The number of aliphatic carboxylic acids is 1. The molecule has 0 spiro atoms. The third-order valence-corrected chi connectivity index (χ3v) is 2.96. The molecule has 104 valence electrons. The first kappa shape index (κ1) is 14.8. The van der Waals surface area contributed by atoms with Gasteiger partial charge in [-0.05, 0) is 33.1 Å². The molecular weight excluding hydrogens is 238 g/mol. The second-order valence-electron chi connectivity index (χ2n) is 5.60. The zero-order valence-corrected chi connectivity index (χ0v) is 11.0. The van der Waals surface area contributed by atoms with Gasteiger partial charge in [-0.3, -0.25) is 4.79 Å². The molecule has 1 aliphatic heterocycles. The topological polar surface area (TPSA) is 87.1 Å². The third-order valence-electron chi connectivity index (χ3n) is 2.96. The van der Waals surface area contributed by atoms with E-state index in [1.165, 1.54) is 4.90 Å². The molecule has 2 N–H and O–H groups in total. The summed E-state index contributed by atoms with van der Waals surface area (Å²) in [7, 11) is 0. The Morgan fingerprint density at radius 1 is 1.39 bits per heavy atom. The summed E-state index contributed by atoms with van der Waals surface area (Å²) >= 11 is 0. The highest BCUT2D eigenvalue weighted by Gasteiger charge is 2.36. The number of likely N-dealkylation sites (tertiary alicyclic amines) is 1. The van der Waals surface area contributed by atoms with Gasteiger partial charge in [0, 0.05) is 19.7 Å². The number of carbonyl (C=O) groups excluding carboxylic acids is 1. The molecule has 2 unspecified atom stereocenters. The fourth-order valence-corrected chi connectivity index (χ4v) is 1.99. The monoisotopic (exact) mass is 259 g/mol. The van der Waals surface area contributed by atoms with Crippen LogP contribution in [-0.2, 0) is 9.53 Å². The number of amides is 1. The van der Waals surface area contributed by atoms with Crippen LogP contribution in [0.2, 0.25) is 0 Å². The smallest absolute Gasteiger partial charge is 0.410 e. The maximum absolute atomic E-state index is 11.8. The maximum Gasteiger partial charge on any atom is 0.410 e. The number of aliphatic hydroxyl groups is 1. The zero-order valence-electron chi connectivity index (χ0n) is 11.0. The van der Waals surface area contributed by atoms with E-state index in [0.29, 0.717) is 13.0 Å². The summed E-state index contributed by atoms with van der Waals surface area (Å²) in [6, 6.07) is 0. The van der Waals surface area contributed by atoms with Crippen molar-refractivity contribution < 1.29 is 24.5 Å². The average Bonchev–Trinajstić information content (AvgIpc) is 2.25. The minimum atomic E-state index is -0.984. The van der Waals surface area contributed by atoms with Crippen LogP contribution in [0.3, 0.4) is 0 Å². The van der Waals surface area contributed by atoms with E-state index in [0.717, 1.165) is 0 Å². The summed E-state index contributed by atoms with van der Waals surface area (Å²) in [5.41, 5.74) is -0.594. The van der Waals surface area contributed by atoms with Crippen molar-refractivity contribution in [3.63, 3.8) is 0 Å². The van der Waals surface area contributed by atoms with Crippen molar-refractivity contribution in [1.29, 1.82) is 0 Å². The van der Waals surface area contributed by atoms with Crippen molar-refractivity contribution in [1.82, 2.24) is 4.90 Å². The molecule has 1 aliphatic rings. The van der Waals surface area contributed by atoms with Crippen molar-refractivity contribution >= 4 is 12.1 Å². The highest BCUT2D eigenvalue weighted by molar-refractivity contribution is 5.73. The average molecular weight is 259 g/mol. The van der Waals surface area contributed by atoms with Crippen molar-refractivity contribution in [3.8, 4) is 0 Å². The van der Waals surface area contributed by atoms with Crippen LogP contribution in [0.15, 0.2) is 0 Å². The summed E-state index contributed by atoms with van der Waals surface area (Å²) in [6.07, 6.45) is -0.0164. The molecule has 1 heterocycles. The molecule has 0 bridgehead atoms. The Morgan fingerprint density at radius 3 is 2.44 bits per heavy atom. The summed E-state index contributed by atoms with van der Waals surface area (Å²) in [5, 5.41) is 18.2. The van der Waals surface area contributed by atoms with E-state index >= 15 is 0 Å². The molecule has 1 saturated heterocycles. The van der Waals surface area contributed by atoms with E-state index in [-0.39, 0.29) is 19.1 Å². The number of rotatable bonds is 2. The van der Waals surface area contributed by atoms with E-state index in [9.17, 15) is 9.59 Å². The molecule has 6 heteroatoms. The van der Waals surface area contributed by atoms with Crippen LogP contribution in [0.1, 0.15) is 27.2 Å². The predicted molar refractivity (Wildman–Crippen MR) is 64.1 cm³/mol. The summed E-state index contributed by atoms with van der Waals surface area (Å²) in [4.78, 5) is 24.3. The maximum atomic E-state index is 11.8. The number of aliphatic hydroxyl groups excluding tert-OH is 1. The number of ether oxygens (including phenoxy) is 1. The van der Waals surface area contributed by atoms with Gasteiger partial charge in [-0.15, -0.1) is 0 Å². The number of piperidine rings is 1. The van der Waals surface area contributed by atoms with Gasteiger partial charge in [0.25, 0.3) is 0 Å². The number of carboxylic acids is 1. The summed E-state index contributed by atoms with van der Waals surface area (Å²) in [6.45, 7) is 5.64. The fourth-order valence-electron chi connectivity index (χ4n) is 1.99. The second-order valence-corrected chi connectivity index (χ2v) is 5.60. The van der Waals surface area contributed by atoms with Gasteiger partial charge in [0.05, 0.1) is 5.92 Å². The Hall–Kier alpha value is -1.30. The molecule has 2 atom stereocenters. The minimum Gasteiger partial charge on any atom is -0.481 e. The van der Waals surface area contributed by atoms with Gasteiger partial charge in [0.1, 0.15) is 5.60 Å². The van der Waals surface area contributed by atoms with Gasteiger partial charge in [0.2, 0.25) is 0 Å². The minimum absolute atomic E-state index is 0.0927. The number of hydrogen-bond acceptors (Lipinski definition) is 4. The molecule has 0 radical (unpaired) electrons. The Morgan fingerprint density at radius 2 is 2.00 bits per heavy atom. The standard InChI is InChI=1S/C12H21NO5/c1-12(2,3)18-11(17)13-5-4-8(7-14)9(6-13)10(15)16/h8-9,14H,4-7H2,1-3H3,(H,15,16). The molecule has 1 fully saturated rings. The quantitative estimate of drug-likeness (QED) is 0.770. The SMILES string of the molecule is CC(C)(C)OC(=O)N1CCC(CO)C(C(=O)O)C1. The largest absolute Gasteiger partial charge is 0.481 e. The van der Waals surface area contributed by atoms with Crippen LogP contribution in [-0.4, -0.2) is 52.5 Å². The molecule has 0 aliphatic carbocycles. The number of hydrogen-bond donors (Lipinski definition) is 2. The van der Waals surface area contributed by atoms with Crippen molar-refractivity contribution in [2.75, 3.05) is 19.7 Å². The lowest BCUT2D eigenvalue weighted by Gasteiger charge is -2.36. The van der Waals surface area contributed by atoms with Crippen LogP contribution in [0.4, 0.5) is 4.79 Å². The van der Waals surface area contributed by atoms with E-state index < -0.39 is 23.6 Å². The molecule has 0 aromatic carbocycles. The normalized spacial score (nSPS) is 24.8. The summed E-state index contributed by atoms with van der Waals surface area (Å²) in [5.74, 6) is -2.00. The first-order valence-electron chi connectivity index (χ1n) is 6.06. The molecule has 0 aromatic heterocycles. The number of carboxylic acid groups (broad SMARTS) is 1. The summed E-state index contributed by atoms with van der Waals surface area (Å²) < 4.78 is 5.21.